The van der Waals surface area contributed by atoms with Crippen LogP contribution < -0.4 is 0 Å². The van der Waals surface area contributed by atoms with Crippen molar-refractivity contribution in [2.75, 3.05) is 0 Å². The Bertz CT molecular complexity index is 5380. The summed E-state index contributed by atoms with van der Waals surface area (Å²) in [7, 11) is 0. The molecule has 8 aromatic carbocycles. The lowest BCUT2D eigenvalue weighted by atomic mass is 9.81. The van der Waals surface area contributed by atoms with Crippen LogP contribution in [0.25, 0.3) is 94.8 Å². The zero-order valence-corrected chi connectivity index (χ0v) is 45.4. The van der Waals surface area contributed by atoms with Crippen molar-refractivity contribution in [3.8, 4) is 135 Å². The van der Waals surface area contributed by atoms with Gasteiger partial charge in [0.15, 0.2) is 0 Å². The van der Waals surface area contributed by atoms with Crippen molar-refractivity contribution in [1.29, 1.82) is 68.4 Å². The summed E-state index contributed by atoms with van der Waals surface area (Å²) < 4.78 is 4.00. The summed E-state index contributed by atoms with van der Waals surface area (Å²) in [5.41, 5.74) is 10.3. The van der Waals surface area contributed by atoms with E-state index in [2.05, 4.69) is 54.6 Å². The molecule has 1 atom stereocenters. The van der Waals surface area contributed by atoms with E-state index in [0.717, 1.165) is 5.56 Å². The molecule has 3 heterocycles. The summed E-state index contributed by atoms with van der Waals surface area (Å²) in [5, 5.41) is 135. The number of nitrogens with zero attached hydrogens (tertiary/aromatic N) is 16. The highest BCUT2D eigenvalue weighted by Gasteiger charge is 2.30. The van der Waals surface area contributed by atoms with Crippen LogP contribution in [-0.2, 0) is 6.42 Å². The monoisotopic (exact) mass is 1120 g/mol. The van der Waals surface area contributed by atoms with Crippen LogP contribution in [0.1, 0.15) is 95.1 Å². The Hall–Kier alpha value is -14.6. The second-order valence-electron chi connectivity index (χ2n) is 20.3. The van der Waals surface area contributed by atoms with Gasteiger partial charge in [-0.1, -0.05) is 24.3 Å². The quantitative estimate of drug-likeness (QED) is 0.143. The summed E-state index contributed by atoms with van der Waals surface area (Å²) in [6, 6.07) is 64.5. The molecule has 0 aliphatic heterocycles. The molecule has 396 valence electrons. The maximum atomic E-state index is 10.5. The number of fused-ring (bicyclic) bond motifs is 6. The van der Waals surface area contributed by atoms with Crippen molar-refractivity contribution in [2.45, 2.75) is 12.3 Å². The molecule has 3 aromatic heterocycles. The van der Waals surface area contributed by atoms with Crippen LogP contribution in [0, 0.1) is 147 Å². The number of allylic oxidation sites excluding steroid dienone is 1. The van der Waals surface area contributed by atoms with Gasteiger partial charge < -0.3 is 9.13 Å². The zero-order chi connectivity index (χ0) is 61.5. The molecule has 0 bridgehead atoms. The molecule has 0 amide bonds. The lowest BCUT2D eigenvalue weighted by Gasteiger charge is -2.22. The molecule has 1 aliphatic carbocycles. The van der Waals surface area contributed by atoms with E-state index in [1.54, 1.807) is 36.5 Å². The smallest absolute Gasteiger partial charge is 0.0999 e. The average molecular weight is 1120 g/mol. The Kier molecular flexibility index (Phi) is 13.3. The minimum Gasteiger partial charge on any atom is -0.309 e. The Labute approximate surface area is 501 Å². The first-order chi connectivity index (χ1) is 43.0. The van der Waals surface area contributed by atoms with Crippen molar-refractivity contribution in [3.63, 3.8) is 0 Å². The topological polar surface area (TPSA) is 332 Å². The van der Waals surface area contributed by atoms with E-state index in [4.69, 9.17) is 4.98 Å². The Morgan fingerprint density at radius 2 is 0.761 bits per heavy atom. The molecule has 16 heteroatoms. The van der Waals surface area contributed by atoms with Gasteiger partial charge in [-0.25, -0.2) is 0 Å². The molecule has 1 aliphatic rings. The van der Waals surface area contributed by atoms with Crippen LogP contribution >= 0.6 is 0 Å². The Balaban J connectivity index is 1.10. The fourth-order valence-electron chi connectivity index (χ4n) is 12.1. The fourth-order valence-corrected chi connectivity index (χ4v) is 12.1. The predicted octanol–water partition coefficient (Wildman–Crippen LogP) is 13.5. The molecule has 0 saturated carbocycles. The second-order valence-corrected chi connectivity index (χ2v) is 20.3. The van der Waals surface area contributed by atoms with Gasteiger partial charge in [-0.15, -0.1) is 0 Å². The summed E-state index contributed by atoms with van der Waals surface area (Å²) in [6.45, 7) is 0. The molecule has 0 spiro atoms. The van der Waals surface area contributed by atoms with E-state index in [-0.39, 0.29) is 73.2 Å². The number of hydrogen-bond acceptors (Lipinski definition) is 14. The van der Waals surface area contributed by atoms with Gasteiger partial charge in [-0.05, 0) is 156 Å². The summed E-state index contributed by atoms with van der Waals surface area (Å²) in [5.74, 6) is -0.541. The van der Waals surface area contributed by atoms with E-state index in [1.807, 2.05) is 100 Å². The van der Waals surface area contributed by atoms with Gasteiger partial charge in [0.25, 0.3) is 0 Å². The van der Waals surface area contributed by atoms with Gasteiger partial charge in [-0.3, -0.25) is 4.98 Å². The largest absolute Gasteiger partial charge is 0.309 e. The van der Waals surface area contributed by atoms with E-state index in [0.29, 0.717) is 106 Å². The number of pyridine rings is 1. The molecule has 0 fully saturated rings. The SMILES string of the molecule is N#Cc1cc(C#N)c(-c2ccc3c(c2)c2c(n3-c3ccc(C#N)cc3-c3cc(-n4c5ccc(-c6c(C#N)cc(C#N)cc6C#N)cc5c5cc(-c6c(C#N)cc(C#N)cc6C#N)ccc54)ccn3)C=CC(c3c(C#N)cc(C#N)cc3C#N)C2)c(C#N)c1. The minimum atomic E-state index is -0.541. The third-order valence-electron chi connectivity index (χ3n) is 15.7. The molecular weight excluding hydrogens is 1090 g/mol. The van der Waals surface area contributed by atoms with Crippen LogP contribution in [0.2, 0.25) is 0 Å². The first-order valence-electron chi connectivity index (χ1n) is 26.5. The average Bonchev–Trinajstić information content (AvgIpc) is 1.63. The van der Waals surface area contributed by atoms with Crippen molar-refractivity contribution in [1.82, 2.24) is 14.1 Å². The van der Waals surface area contributed by atoms with E-state index < -0.39 is 5.92 Å². The van der Waals surface area contributed by atoms with Crippen molar-refractivity contribution >= 4 is 38.8 Å². The summed E-state index contributed by atoms with van der Waals surface area (Å²) in [4.78, 5) is 4.95. The normalized spacial score (nSPS) is 11.7. The molecule has 88 heavy (non-hydrogen) atoms. The van der Waals surface area contributed by atoms with Crippen molar-refractivity contribution < 1.29 is 0 Å². The van der Waals surface area contributed by atoms with E-state index >= 15 is 0 Å². The highest BCUT2D eigenvalue weighted by Crippen LogP contribution is 2.45. The predicted molar refractivity (Wildman–Crippen MR) is 320 cm³/mol. The first-order valence-corrected chi connectivity index (χ1v) is 26.5. The van der Waals surface area contributed by atoms with Crippen LogP contribution in [0.4, 0.5) is 0 Å². The number of aromatic nitrogens is 3. The zero-order valence-electron chi connectivity index (χ0n) is 45.4. The van der Waals surface area contributed by atoms with Gasteiger partial charge in [-0.2, -0.15) is 68.4 Å². The maximum Gasteiger partial charge on any atom is 0.0999 e. The highest BCUT2D eigenvalue weighted by molar-refractivity contribution is 6.12. The lowest BCUT2D eigenvalue weighted by Crippen LogP contribution is -2.11. The van der Waals surface area contributed by atoms with Crippen molar-refractivity contribution in [3.05, 3.63) is 235 Å². The Morgan fingerprint density at radius 3 is 1.17 bits per heavy atom. The maximum absolute atomic E-state index is 10.5. The molecule has 1 unspecified atom stereocenters. The lowest BCUT2D eigenvalue weighted by molar-refractivity contribution is 0.819. The first kappa shape index (κ1) is 54.0. The number of benzene rings is 8. The van der Waals surface area contributed by atoms with Gasteiger partial charge in [0.2, 0.25) is 0 Å². The fraction of sp³-hybridized carbons (Fsp3) is 0.0278. The van der Waals surface area contributed by atoms with Crippen LogP contribution in [-0.4, -0.2) is 14.1 Å². The van der Waals surface area contributed by atoms with E-state index in [1.165, 1.54) is 48.5 Å². The molecular formula is C72H28N16. The number of hydrogen-bond donors (Lipinski definition) is 0. The molecule has 16 nitrogen and oxygen atoms in total. The summed E-state index contributed by atoms with van der Waals surface area (Å²) in [6.07, 6.45) is 5.67. The standard InChI is InChI=1S/C72H28N16/c73-27-40-1-6-68(88-66-9-4-47(71-53(36-82)17-43(30-76)18-54(71)37-83)24-60(66)61-25-48(5-10-67(61)88)72-55(38-84)19-44(31-77)20-56(72)39-85)62(21-40)63-26-57(11-12-86-63)87-64-7-2-45(69-49(32-78)13-41(28-74)14-50(69)33-79)22-58(64)59-23-46(3-8-65(59)87)70-51(34-80)15-42(29-75)16-52(70)35-81/h1-24,26,48H,25H2. The van der Waals surface area contributed by atoms with Gasteiger partial charge in [0, 0.05) is 61.9 Å². The summed E-state index contributed by atoms with van der Waals surface area (Å²) >= 11 is 0. The van der Waals surface area contributed by atoms with E-state index in [9.17, 15) is 68.4 Å². The molecule has 0 saturated heterocycles. The van der Waals surface area contributed by atoms with Gasteiger partial charge in [0.05, 0.1) is 179 Å². The van der Waals surface area contributed by atoms with Crippen LogP contribution in [0.15, 0.2) is 146 Å². The van der Waals surface area contributed by atoms with Crippen molar-refractivity contribution in [2.24, 2.45) is 0 Å². The third kappa shape index (κ3) is 8.63. The van der Waals surface area contributed by atoms with Crippen LogP contribution in [0.3, 0.4) is 0 Å². The van der Waals surface area contributed by atoms with Gasteiger partial charge >= 0.3 is 0 Å². The molecule has 0 radical (unpaired) electrons. The van der Waals surface area contributed by atoms with Gasteiger partial charge in [0.1, 0.15) is 0 Å². The van der Waals surface area contributed by atoms with Crippen LogP contribution in [0.5, 0.6) is 0 Å². The molecule has 0 N–H and O–H groups in total. The number of nitriles is 13. The third-order valence-corrected chi connectivity index (χ3v) is 15.7. The Morgan fingerprint density at radius 1 is 0.364 bits per heavy atom. The molecule has 11 aromatic rings. The molecule has 12 rings (SSSR count). The second kappa shape index (κ2) is 21.7. The minimum absolute atomic E-state index is 0.107. The number of rotatable bonds is 7. The highest BCUT2D eigenvalue weighted by atomic mass is 15.0.